The molecule has 0 unspecified atom stereocenters. The third kappa shape index (κ3) is 2.90. The highest BCUT2D eigenvalue weighted by molar-refractivity contribution is 9.10. The number of hydrogen-bond acceptors (Lipinski definition) is 5. The summed E-state index contributed by atoms with van der Waals surface area (Å²) in [4.78, 5) is 10.1. The standard InChI is InChI=1S/C9H7BrN4O4S/c10-7-5-6(1-2-8(7)14(15)16)13-19(17,18)9-3-4-11-12-9/h1-5,13H,(H,11,12). The molecule has 2 aromatic rings. The van der Waals surface area contributed by atoms with Crippen LogP contribution in [-0.2, 0) is 10.0 Å². The first kappa shape index (κ1) is 13.5. The summed E-state index contributed by atoms with van der Waals surface area (Å²) >= 11 is 3.01. The summed E-state index contributed by atoms with van der Waals surface area (Å²) in [7, 11) is -3.78. The lowest BCUT2D eigenvalue weighted by Crippen LogP contribution is -2.13. The van der Waals surface area contributed by atoms with Crippen LogP contribution in [0.1, 0.15) is 0 Å². The number of aromatic nitrogens is 2. The maximum Gasteiger partial charge on any atom is 0.283 e. The molecule has 0 aliphatic heterocycles. The molecule has 0 aliphatic carbocycles. The molecule has 100 valence electrons. The Labute approximate surface area is 116 Å². The molecule has 8 nitrogen and oxygen atoms in total. The molecule has 2 N–H and O–H groups in total. The summed E-state index contributed by atoms with van der Waals surface area (Å²) in [6, 6.07) is 5.11. The summed E-state index contributed by atoms with van der Waals surface area (Å²) in [6.45, 7) is 0. The lowest BCUT2D eigenvalue weighted by molar-refractivity contribution is -0.385. The van der Waals surface area contributed by atoms with Crippen molar-refractivity contribution in [3.8, 4) is 0 Å². The van der Waals surface area contributed by atoms with Crippen LogP contribution in [-0.4, -0.2) is 23.5 Å². The van der Waals surface area contributed by atoms with Crippen molar-refractivity contribution < 1.29 is 13.3 Å². The fraction of sp³-hybridized carbons (Fsp3) is 0. The number of nitrogens with zero attached hydrogens (tertiary/aromatic N) is 2. The smallest absolute Gasteiger partial charge is 0.278 e. The summed E-state index contributed by atoms with van der Waals surface area (Å²) < 4.78 is 26.2. The van der Waals surface area contributed by atoms with E-state index in [0.717, 1.165) is 0 Å². The van der Waals surface area contributed by atoms with E-state index >= 15 is 0 Å². The van der Waals surface area contributed by atoms with Crippen LogP contribution in [0.15, 0.2) is 40.0 Å². The van der Waals surface area contributed by atoms with Gasteiger partial charge < -0.3 is 0 Å². The van der Waals surface area contributed by atoms with Crippen LogP contribution in [0.4, 0.5) is 11.4 Å². The minimum absolute atomic E-state index is 0.0954. The van der Waals surface area contributed by atoms with E-state index in [-0.39, 0.29) is 20.9 Å². The molecule has 1 aromatic heterocycles. The first-order chi connectivity index (χ1) is 8.90. The zero-order chi connectivity index (χ0) is 14.0. The monoisotopic (exact) mass is 346 g/mol. The zero-order valence-corrected chi connectivity index (χ0v) is 11.6. The molecule has 0 fully saturated rings. The number of anilines is 1. The normalized spacial score (nSPS) is 11.2. The SMILES string of the molecule is O=[N+]([O-])c1ccc(NS(=O)(=O)c2ccn[nH]2)cc1Br. The number of rotatable bonds is 4. The van der Waals surface area contributed by atoms with Crippen LogP contribution in [0.25, 0.3) is 0 Å². The Balaban J connectivity index is 2.30. The first-order valence-corrected chi connectivity index (χ1v) is 7.14. The second-order valence-electron chi connectivity index (χ2n) is 3.45. The van der Waals surface area contributed by atoms with Crippen molar-refractivity contribution >= 4 is 37.3 Å². The molecule has 1 aromatic carbocycles. The van der Waals surface area contributed by atoms with Gasteiger partial charge in [-0.1, -0.05) is 0 Å². The molecular weight excluding hydrogens is 340 g/mol. The molecule has 0 bridgehead atoms. The predicted molar refractivity (Wildman–Crippen MR) is 70.2 cm³/mol. The topological polar surface area (TPSA) is 118 Å². The number of benzene rings is 1. The van der Waals surface area contributed by atoms with Gasteiger partial charge in [0.2, 0.25) is 0 Å². The molecule has 0 amide bonds. The molecule has 0 aliphatic rings. The summed E-state index contributed by atoms with van der Waals surface area (Å²) in [5.41, 5.74) is 0.0524. The van der Waals surface area contributed by atoms with Gasteiger partial charge in [0.15, 0.2) is 5.03 Å². The lowest BCUT2D eigenvalue weighted by atomic mass is 10.3. The van der Waals surface area contributed by atoms with Crippen LogP contribution >= 0.6 is 15.9 Å². The van der Waals surface area contributed by atoms with E-state index in [1.807, 2.05) is 0 Å². The number of aromatic amines is 1. The minimum atomic E-state index is -3.78. The van der Waals surface area contributed by atoms with E-state index < -0.39 is 14.9 Å². The Morgan fingerprint density at radius 1 is 1.37 bits per heavy atom. The van der Waals surface area contributed by atoms with Crippen LogP contribution in [0.5, 0.6) is 0 Å². The average molecular weight is 347 g/mol. The van der Waals surface area contributed by atoms with E-state index in [1.54, 1.807) is 0 Å². The first-order valence-electron chi connectivity index (χ1n) is 4.86. The van der Waals surface area contributed by atoms with Crippen molar-refractivity contribution in [1.82, 2.24) is 10.2 Å². The van der Waals surface area contributed by atoms with Crippen molar-refractivity contribution in [2.24, 2.45) is 0 Å². The third-order valence-corrected chi connectivity index (χ3v) is 4.11. The highest BCUT2D eigenvalue weighted by Crippen LogP contribution is 2.28. The highest BCUT2D eigenvalue weighted by atomic mass is 79.9. The molecule has 0 radical (unpaired) electrons. The maximum atomic E-state index is 11.9. The Morgan fingerprint density at radius 3 is 2.63 bits per heavy atom. The van der Waals surface area contributed by atoms with Crippen molar-refractivity contribution in [2.75, 3.05) is 4.72 Å². The van der Waals surface area contributed by atoms with Crippen LogP contribution < -0.4 is 4.72 Å². The molecular formula is C9H7BrN4O4S. The van der Waals surface area contributed by atoms with Crippen molar-refractivity contribution in [2.45, 2.75) is 5.03 Å². The number of sulfonamides is 1. The van der Waals surface area contributed by atoms with E-state index in [9.17, 15) is 18.5 Å². The summed E-state index contributed by atoms with van der Waals surface area (Å²) in [6.07, 6.45) is 1.31. The maximum absolute atomic E-state index is 11.9. The Morgan fingerprint density at radius 2 is 2.11 bits per heavy atom. The second kappa shape index (κ2) is 4.97. The van der Waals surface area contributed by atoms with Crippen LogP contribution in [0.2, 0.25) is 0 Å². The molecule has 0 saturated heterocycles. The second-order valence-corrected chi connectivity index (χ2v) is 5.95. The highest BCUT2D eigenvalue weighted by Gasteiger charge is 2.17. The number of nitro groups is 1. The molecule has 0 saturated carbocycles. The van der Waals surface area contributed by atoms with Gasteiger partial charge in [0.05, 0.1) is 21.3 Å². The molecule has 0 spiro atoms. The van der Waals surface area contributed by atoms with Gasteiger partial charge in [0, 0.05) is 6.07 Å². The number of nitrogens with one attached hydrogen (secondary N) is 2. The van der Waals surface area contributed by atoms with E-state index in [4.69, 9.17) is 0 Å². The Bertz CT molecular complexity index is 714. The van der Waals surface area contributed by atoms with Crippen molar-refractivity contribution in [3.63, 3.8) is 0 Å². The van der Waals surface area contributed by atoms with Gasteiger partial charge in [-0.05, 0) is 34.1 Å². The summed E-state index contributed by atoms with van der Waals surface area (Å²) in [5.74, 6) is 0. The lowest BCUT2D eigenvalue weighted by Gasteiger charge is -2.06. The van der Waals surface area contributed by atoms with Crippen molar-refractivity contribution in [3.05, 3.63) is 45.0 Å². The molecule has 0 atom stereocenters. The molecule has 2 rings (SSSR count). The average Bonchev–Trinajstić information content (AvgIpc) is 2.81. The van der Waals surface area contributed by atoms with Crippen LogP contribution in [0, 0.1) is 10.1 Å². The Hall–Kier alpha value is -1.94. The predicted octanol–water partition coefficient (Wildman–Crippen LogP) is 1.88. The van der Waals surface area contributed by atoms with Gasteiger partial charge in [0.25, 0.3) is 15.7 Å². The van der Waals surface area contributed by atoms with E-state index in [0.29, 0.717) is 0 Å². The fourth-order valence-electron chi connectivity index (χ4n) is 1.32. The van der Waals surface area contributed by atoms with Crippen molar-refractivity contribution in [1.29, 1.82) is 0 Å². The molecule has 10 heteroatoms. The van der Waals surface area contributed by atoms with Gasteiger partial charge in [-0.25, -0.2) is 0 Å². The van der Waals surface area contributed by atoms with Gasteiger partial charge in [-0.15, -0.1) is 0 Å². The van der Waals surface area contributed by atoms with Gasteiger partial charge in [0.1, 0.15) is 0 Å². The van der Waals surface area contributed by atoms with Gasteiger partial charge >= 0.3 is 0 Å². The van der Waals surface area contributed by atoms with Gasteiger partial charge in [-0.2, -0.15) is 13.5 Å². The number of halogens is 1. The quantitative estimate of drug-likeness (QED) is 0.647. The number of nitro benzene ring substituents is 1. The molecule has 19 heavy (non-hydrogen) atoms. The van der Waals surface area contributed by atoms with E-state index in [2.05, 4.69) is 30.8 Å². The fourth-order valence-corrected chi connectivity index (χ4v) is 2.81. The number of H-pyrrole nitrogens is 1. The molecule has 1 heterocycles. The zero-order valence-electron chi connectivity index (χ0n) is 9.20. The Kier molecular flexibility index (Phi) is 3.53. The van der Waals surface area contributed by atoms with Gasteiger partial charge in [-0.3, -0.25) is 19.9 Å². The van der Waals surface area contributed by atoms with Crippen LogP contribution in [0.3, 0.4) is 0 Å². The third-order valence-electron chi connectivity index (χ3n) is 2.16. The number of hydrogen-bond donors (Lipinski definition) is 2. The van der Waals surface area contributed by atoms with E-state index in [1.165, 1.54) is 30.5 Å². The summed E-state index contributed by atoms with van der Waals surface area (Å²) in [5, 5.41) is 16.4. The minimum Gasteiger partial charge on any atom is -0.278 e. The largest absolute Gasteiger partial charge is 0.283 e.